The molecule has 19 heavy (non-hydrogen) atoms. The molecule has 1 aromatic carbocycles. The van der Waals surface area contributed by atoms with Crippen LogP contribution < -0.4 is 19.8 Å². The Labute approximate surface area is 112 Å². The molecule has 102 valence electrons. The predicted octanol–water partition coefficient (Wildman–Crippen LogP) is -0.600. The molecular formula is C13H18N3O3+. The van der Waals surface area contributed by atoms with Gasteiger partial charge in [0.2, 0.25) is 6.79 Å². The van der Waals surface area contributed by atoms with Crippen LogP contribution >= 0.6 is 0 Å². The first-order valence-corrected chi connectivity index (χ1v) is 6.08. The molecule has 1 aromatic rings. The Morgan fingerprint density at radius 1 is 1.37 bits per heavy atom. The number of quaternary nitrogens is 1. The summed E-state index contributed by atoms with van der Waals surface area (Å²) in [5.74, 6) is 1.33. The highest BCUT2D eigenvalue weighted by Crippen LogP contribution is 2.32. The number of nitrogens with one attached hydrogen (secondary N) is 2. The molecule has 1 heterocycles. The molecule has 2 rings (SSSR count). The molecule has 2 N–H and O–H groups in total. The van der Waals surface area contributed by atoms with Crippen molar-refractivity contribution in [2.45, 2.75) is 6.92 Å². The molecule has 0 saturated heterocycles. The molecule has 0 fully saturated rings. The average molecular weight is 264 g/mol. The van der Waals surface area contributed by atoms with E-state index in [4.69, 9.17) is 9.47 Å². The Morgan fingerprint density at radius 3 is 2.84 bits per heavy atom. The highest BCUT2D eigenvalue weighted by Gasteiger charge is 2.14. The first-order chi connectivity index (χ1) is 9.06. The normalized spacial score (nSPS) is 13.8. The molecule has 0 spiro atoms. The topological polar surface area (TPSA) is 64.4 Å². The summed E-state index contributed by atoms with van der Waals surface area (Å²) in [5, 5.41) is 4.08. The van der Waals surface area contributed by atoms with Crippen LogP contribution in [0.3, 0.4) is 0 Å². The summed E-state index contributed by atoms with van der Waals surface area (Å²) < 4.78 is 10.5. The van der Waals surface area contributed by atoms with Crippen LogP contribution in [-0.2, 0) is 4.79 Å². The molecular weight excluding hydrogens is 246 g/mol. The van der Waals surface area contributed by atoms with E-state index in [1.54, 1.807) is 0 Å². The fourth-order valence-electron chi connectivity index (χ4n) is 1.69. The third-order valence-corrected chi connectivity index (χ3v) is 2.65. The van der Waals surface area contributed by atoms with Gasteiger partial charge < -0.3 is 14.4 Å². The SMILES string of the molecule is C/C(=N\NC(=O)C[NH+](C)C)c1ccc2c(c1)OCO2. The van der Waals surface area contributed by atoms with Crippen molar-refractivity contribution in [2.75, 3.05) is 27.4 Å². The largest absolute Gasteiger partial charge is 0.454 e. The number of rotatable bonds is 4. The summed E-state index contributed by atoms with van der Waals surface area (Å²) in [5.41, 5.74) is 4.15. The lowest BCUT2D eigenvalue weighted by molar-refractivity contribution is -0.849. The molecule has 0 aromatic heterocycles. The smallest absolute Gasteiger partial charge is 0.295 e. The van der Waals surface area contributed by atoms with Gasteiger partial charge in [-0.15, -0.1) is 0 Å². The first kappa shape index (κ1) is 13.4. The van der Waals surface area contributed by atoms with Crippen LogP contribution in [0.1, 0.15) is 12.5 Å². The third-order valence-electron chi connectivity index (χ3n) is 2.65. The van der Waals surface area contributed by atoms with Gasteiger partial charge in [-0.3, -0.25) is 4.79 Å². The maximum absolute atomic E-state index is 11.5. The van der Waals surface area contributed by atoms with Crippen LogP contribution in [0.4, 0.5) is 0 Å². The van der Waals surface area contributed by atoms with E-state index in [1.807, 2.05) is 39.2 Å². The Morgan fingerprint density at radius 2 is 2.11 bits per heavy atom. The van der Waals surface area contributed by atoms with Gasteiger partial charge in [-0.1, -0.05) is 0 Å². The molecule has 1 amide bonds. The summed E-state index contributed by atoms with van der Waals surface area (Å²) in [6.45, 7) is 2.47. The lowest BCUT2D eigenvalue weighted by Crippen LogP contribution is -3.07. The molecule has 6 heteroatoms. The van der Waals surface area contributed by atoms with Gasteiger partial charge in [-0.05, 0) is 25.1 Å². The van der Waals surface area contributed by atoms with Gasteiger partial charge in [0.05, 0.1) is 19.8 Å². The van der Waals surface area contributed by atoms with E-state index in [0.717, 1.165) is 21.9 Å². The minimum absolute atomic E-state index is 0.111. The number of likely N-dealkylation sites (N-methyl/N-ethyl adjacent to an activating group) is 1. The van der Waals surface area contributed by atoms with Crippen LogP contribution in [0.15, 0.2) is 23.3 Å². The molecule has 1 aliphatic heterocycles. The van der Waals surface area contributed by atoms with Crippen molar-refractivity contribution in [3.63, 3.8) is 0 Å². The maximum atomic E-state index is 11.5. The van der Waals surface area contributed by atoms with Gasteiger partial charge in [0.1, 0.15) is 0 Å². The second-order valence-electron chi connectivity index (χ2n) is 4.68. The summed E-state index contributed by atoms with van der Waals surface area (Å²) in [4.78, 5) is 12.5. The number of nitrogens with zero attached hydrogens (tertiary/aromatic N) is 1. The zero-order chi connectivity index (χ0) is 13.8. The van der Waals surface area contributed by atoms with Gasteiger partial charge >= 0.3 is 0 Å². The van der Waals surface area contributed by atoms with E-state index in [-0.39, 0.29) is 12.7 Å². The minimum Gasteiger partial charge on any atom is -0.454 e. The van der Waals surface area contributed by atoms with Crippen molar-refractivity contribution >= 4 is 11.6 Å². The Hall–Kier alpha value is -2.08. The number of hydrogen-bond donors (Lipinski definition) is 2. The number of hydrogen-bond acceptors (Lipinski definition) is 4. The highest BCUT2D eigenvalue weighted by atomic mass is 16.7. The Bertz CT molecular complexity index is 512. The fraction of sp³-hybridized carbons (Fsp3) is 0.385. The van der Waals surface area contributed by atoms with E-state index in [0.29, 0.717) is 12.3 Å². The standard InChI is InChI=1S/C13H17N3O3/c1-9(14-15-13(17)7-16(2)3)10-4-5-11-12(6-10)19-8-18-11/h4-6H,7-8H2,1-3H3,(H,15,17)/p+1/b14-9+. The van der Waals surface area contributed by atoms with Crippen LogP contribution in [-0.4, -0.2) is 39.1 Å². The number of amides is 1. The molecule has 0 bridgehead atoms. The van der Waals surface area contributed by atoms with E-state index >= 15 is 0 Å². The molecule has 0 radical (unpaired) electrons. The van der Waals surface area contributed by atoms with Crippen LogP contribution in [0.5, 0.6) is 11.5 Å². The highest BCUT2D eigenvalue weighted by molar-refractivity contribution is 5.99. The lowest BCUT2D eigenvalue weighted by Gasteiger charge is -2.06. The molecule has 6 nitrogen and oxygen atoms in total. The van der Waals surface area contributed by atoms with Crippen molar-refractivity contribution in [1.29, 1.82) is 0 Å². The van der Waals surface area contributed by atoms with Crippen molar-refractivity contribution < 1.29 is 19.2 Å². The monoisotopic (exact) mass is 264 g/mol. The summed E-state index contributed by atoms with van der Waals surface area (Å²) >= 11 is 0. The average Bonchev–Trinajstić information content (AvgIpc) is 2.82. The van der Waals surface area contributed by atoms with Crippen LogP contribution in [0.25, 0.3) is 0 Å². The van der Waals surface area contributed by atoms with E-state index in [9.17, 15) is 4.79 Å². The van der Waals surface area contributed by atoms with Gasteiger partial charge in [0, 0.05) is 5.56 Å². The molecule has 1 aliphatic rings. The van der Waals surface area contributed by atoms with Crippen molar-refractivity contribution in [3.8, 4) is 11.5 Å². The molecule has 0 atom stereocenters. The van der Waals surface area contributed by atoms with E-state index in [1.165, 1.54) is 0 Å². The quantitative estimate of drug-likeness (QED) is 0.564. The number of hydrazone groups is 1. The van der Waals surface area contributed by atoms with E-state index < -0.39 is 0 Å². The van der Waals surface area contributed by atoms with Gasteiger partial charge in [-0.25, -0.2) is 5.43 Å². The van der Waals surface area contributed by atoms with Gasteiger partial charge in [0.15, 0.2) is 18.0 Å². The second-order valence-corrected chi connectivity index (χ2v) is 4.68. The molecule has 0 saturated carbocycles. The lowest BCUT2D eigenvalue weighted by atomic mass is 10.1. The number of fused-ring (bicyclic) bond motifs is 1. The summed E-state index contributed by atoms with van der Waals surface area (Å²) in [6, 6.07) is 5.57. The predicted molar refractivity (Wildman–Crippen MR) is 70.6 cm³/mol. The number of carbonyl (C=O) groups excluding carboxylic acids is 1. The van der Waals surface area contributed by atoms with Gasteiger partial charge in [0.25, 0.3) is 5.91 Å². The van der Waals surface area contributed by atoms with Crippen molar-refractivity contribution in [2.24, 2.45) is 5.10 Å². The van der Waals surface area contributed by atoms with Crippen molar-refractivity contribution in [1.82, 2.24) is 5.43 Å². The summed E-state index contributed by atoms with van der Waals surface area (Å²) in [6.07, 6.45) is 0. The van der Waals surface area contributed by atoms with E-state index in [2.05, 4.69) is 10.5 Å². The Balaban J connectivity index is 2.03. The third kappa shape index (κ3) is 3.45. The van der Waals surface area contributed by atoms with Gasteiger partial charge in [-0.2, -0.15) is 5.10 Å². The number of ether oxygens (including phenoxy) is 2. The number of carbonyl (C=O) groups is 1. The zero-order valence-electron chi connectivity index (χ0n) is 11.3. The van der Waals surface area contributed by atoms with Crippen LogP contribution in [0.2, 0.25) is 0 Å². The minimum atomic E-state index is -0.111. The summed E-state index contributed by atoms with van der Waals surface area (Å²) in [7, 11) is 3.82. The molecule has 0 aliphatic carbocycles. The second kappa shape index (κ2) is 5.71. The first-order valence-electron chi connectivity index (χ1n) is 6.08. The molecule has 0 unspecified atom stereocenters. The fourth-order valence-corrected chi connectivity index (χ4v) is 1.69. The van der Waals surface area contributed by atoms with Crippen LogP contribution in [0, 0.1) is 0 Å². The van der Waals surface area contributed by atoms with Crippen molar-refractivity contribution in [3.05, 3.63) is 23.8 Å². The zero-order valence-corrected chi connectivity index (χ0v) is 11.3. The number of benzene rings is 1. The Kier molecular flexibility index (Phi) is 4.01. The maximum Gasteiger partial charge on any atom is 0.295 e.